The predicted octanol–water partition coefficient (Wildman–Crippen LogP) is 3.71. The first kappa shape index (κ1) is 21.3. The van der Waals surface area contributed by atoms with Crippen molar-refractivity contribution in [3.63, 3.8) is 0 Å². The van der Waals surface area contributed by atoms with E-state index < -0.39 is 14.8 Å². The smallest absolute Gasteiger partial charge is 0.462 e. The van der Waals surface area contributed by atoms with Crippen molar-refractivity contribution in [2.75, 3.05) is 6.61 Å². The second kappa shape index (κ2) is 10.2. The standard InChI is InChI=1S/C16H32O5Si/c1-9-10-18-16(17)15(8)11-22(19-12(2)3,20-13(4)5)21-14(6)7/h12-14H,8-11H2,1-7H3. The van der Waals surface area contributed by atoms with Gasteiger partial charge in [-0.3, -0.25) is 0 Å². The number of carbonyl (C=O) groups excluding carboxylic acids is 1. The van der Waals surface area contributed by atoms with E-state index in [1.807, 2.05) is 48.5 Å². The third-order valence-electron chi connectivity index (χ3n) is 2.40. The first-order valence-electron chi connectivity index (χ1n) is 8.00. The van der Waals surface area contributed by atoms with Crippen LogP contribution >= 0.6 is 0 Å². The van der Waals surface area contributed by atoms with Gasteiger partial charge in [-0.1, -0.05) is 13.5 Å². The van der Waals surface area contributed by atoms with Crippen LogP contribution in [0.3, 0.4) is 0 Å². The highest BCUT2D eigenvalue weighted by Gasteiger charge is 2.45. The summed E-state index contributed by atoms with van der Waals surface area (Å²) in [5.74, 6) is -0.411. The van der Waals surface area contributed by atoms with E-state index in [0.717, 1.165) is 6.42 Å². The first-order chi connectivity index (χ1) is 10.1. The molecule has 0 saturated carbocycles. The molecule has 0 N–H and O–H groups in total. The van der Waals surface area contributed by atoms with Crippen molar-refractivity contribution >= 4 is 14.8 Å². The molecule has 0 bridgehead atoms. The highest BCUT2D eigenvalue weighted by molar-refractivity contribution is 6.62. The largest absolute Gasteiger partial charge is 0.506 e. The van der Waals surface area contributed by atoms with Crippen molar-refractivity contribution < 1.29 is 22.8 Å². The maximum Gasteiger partial charge on any atom is 0.506 e. The summed E-state index contributed by atoms with van der Waals surface area (Å²) in [5.41, 5.74) is 0.335. The molecule has 0 aliphatic carbocycles. The molecule has 0 amide bonds. The second-order valence-corrected chi connectivity index (χ2v) is 8.53. The SMILES string of the molecule is C=C(C[Si](OC(C)C)(OC(C)C)OC(C)C)C(=O)OCCC. The second-order valence-electron chi connectivity index (χ2n) is 6.10. The van der Waals surface area contributed by atoms with E-state index in [1.165, 1.54) is 0 Å². The Labute approximate surface area is 136 Å². The maximum absolute atomic E-state index is 12.0. The fourth-order valence-corrected chi connectivity index (χ4v) is 5.15. The number of carbonyl (C=O) groups is 1. The lowest BCUT2D eigenvalue weighted by atomic mass is 10.3. The van der Waals surface area contributed by atoms with Crippen molar-refractivity contribution in [2.45, 2.75) is 79.2 Å². The summed E-state index contributed by atoms with van der Waals surface area (Å²) in [6, 6.07) is 0.240. The summed E-state index contributed by atoms with van der Waals surface area (Å²) in [7, 11) is -3.05. The zero-order valence-electron chi connectivity index (χ0n) is 15.1. The molecular formula is C16H32O5Si. The molecule has 0 aliphatic rings. The Balaban J connectivity index is 5.16. The normalized spacial score (nSPS) is 12.3. The van der Waals surface area contributed by atoms with E-state index in [9.17, 15) is 4.79 Å². The van der Waals surface area contributed by atoms with Crippen molar-refractivity contribution in [1.82, 2.24) is 0 Å². The molecule has 0 unspecified atom stereocenters. The molecule has 22 heavy (non-hydrogen) atoms. The van der Waals surface area contributed by atoms with Crippen LogP contribution in [-0.4, -0.2) is 39.7 Å². The van der Waals surface area contributed by atoms with Crippen LogP contribution in [0.25, 0.3) is 0 Å². The number of hydrogen-bond donors (Lipinski definition) is 0. The molecule has 6 heteroatoms. The number of ether oxygens (including phenoxy) is 1. The zero-order chi connectivity index (χ0) is 17.3. The van der Waals surface area contributed by atoms with Gasteiger partial charge in [-0.25, -0.2) is 4.79 Å². The lowest BCUT2D eigenvalue weighted by Crippen LogP contribution is -2.51. The van der Waals surface area contributed by atoms with Gasteiger partial charge < -0.3 is 18.0 Å². The molecule has 0 spiro atoms. The molecule has 0 heterocycles. The highest BCUT2D eigenvalue weighted by Crippen LogP contribution is 2.26. The molecule has 0 aromatic carbocycles. The Hall–Kier alpha value is -0.693. The lowest BCUT2D eigenvalue weighted by Gasteiger charge is -2.34. The van der Waals surface area contributed by atoms with Gasteiger partial charge in [-0.05, 0) is 48.0 Å². The molecule has 0 radical (unpaired) electrons. The molecule has 5 nitrogen and oxygen atoms in total. The van der Waals surface area contributed by atoms with Gasteiger partial charge in [0.2, 0.25) is 0 Å². The van der Waals surface area contributed by atoms with E-state index >= 15 is 0 Å². The van der Waals surface area contributed by atoms with Crippen LogP contribution in [0, 0.1) is 0 Å². The van der Waals surface area contributed by atoms with Crippen LogP contribution in [0.1, 0.15) is 54.9 Å². The summed E-state index contributed by atoms with van der Waals surface area (Å²) in [6.45, 7) is 17.7. The van der Waals surface area contributed by atoms with Gasteiger partial charge in [0.05, 0.1) is 6.61 Å². The van der Waals surface area contributed by atoms with Gasteiger partial charge in [0, 0.05) is 29.9 Å². The van der Waals surface area contributed by atoms with E-state index in [2.05, 4.69) is 6.58 Å². The van der Waals surface area contributed by atoms with Crippen molar-refractivity contribution in [1.29, 1.82) is 0 Å². The summed E-state index contributed by atoms with van der Waals surface area (Å²) in [4.78, 5) is 12.0. The summed E-state index contributed by atoms with van der Waals surface area (Å²) in [6.07, 6.45) is 0.575. The van der Waals surface area contributed by atoms with Gasteiger partial charge in [0.1, 0.15) is 0 Å². The third kappa shape index (κ3) is 8.68. The molecule has 0 aromatic rings. The van der Waals surface area contributed by atoms with Crippen LogP contribution < -0.4 is 0 Å². The third-order valence-corrected chi connectivity index (χ3v) is 5.75. The molecule has 0 aromatic heterocycles. The molecular weight excluding hydrogens is 300 g/mol. The fraction of sp³-hybridized carbons (Fsp3) is 0.812. The van der Waals surface area contributed by atoms with Crippen LogP contribution in [0.4, 0.5) is 0 Å². The Morgan fingerprint density at radius 3 is 1.68 bits per heavy atom. The Kier molecular flexibility index (Phi) is 9.83. The van der Waals surface area contributed by atoms with Crippen LogP contribution in [0.15, 0.2) is 12.2 Å². The van der Waals surface area contributed by atoms with Gasteiger partial charge in [0.15, 0.2) is 0 Å². The van der Waals surface area contributed by atoms with Crippen LogP contribution in [0.5, 0.6) is 0 Å². The van der Waals surface area contributed by atoms with Crippen molar-refractivity contribution in [3.8, 4) is 0 Å². The van der Waals surface area contributed by atoms with Gasteiger partial charge >= 0.3 is 14.8 Å². The van der Waals surface area contributed by atoms with Crippen LogP contribution in [-0.2, 0) is 22.8 Å². The summed E-state index contributed by atoms with van der Waals surface area (Å²) < 4.78 is 23.2. The lowest BCUT2D eigenvalue weighted by molar-refractivity contribution is -0.139. The fourth-order valence-electron chi connectivity index (χ4n) is 1.92. The molecule has 0 atom stereocenters. The van der Waals surface area contributed by atoms with Gasteiger partial charge in [0.25, 0.3) is 0 Å². The zero-order valence-corrected chi connectivity index (χ0v) is 16.1. The summed E-state index contributed by atoms with van der Waals surface area (Å²) in [5, 5.41) is 0. The number of rotatable bonds is 11. The molecule has 0 fully saturated rings. The van der Waals surface area contributed by atoms with Crippen molar-refractivity contribution in [3.05, 3.63) is 12.2 Å². The average Bonchev–Trinajstić information content (AvgIpc) is 2.32. The van der Waals surface area contributed by atoms with Gasteiger partial charge in [-0.2, -0.15) is 0 Å². The van der Waals surface area contributed by atoms with E-state index in [-0.39, 0.29) is 24.4 Å². The van der Waals surface area contributed by atoms with E-state index in [1.54, 1.807) is 0 Å². The van der Waals surface area contributed by atoms with Crippen molar-refractivity contribution in [2.24, 2.45) is 0 Å². The Bertz CT molecular complexity index is 326. The number of hydrogen-bond acceptors (Lipinski definition) is 5. The topological polar surface area (TPSA) is 54.0 Å². The minimum atomic E-state index is -3.05. The molecule has 0 saturated heterocycles. The Morgan fingerprint density at radius 1 is 0.955 bits per heavy atom. The molecule has 130 valence electrons. The summed E-state index contributed by atoms with van der Waals surface area (Å²) >= 11 is 0. The highest BCUT2D eigenvalue weighted by atomic mass is 28.4. The minimum absolute atomic E-state index is 0.0661. The van der Waals surface area contributed by atoms with Gasteiger partial charge in [-0.15, -0.1) is 0 Å². The average molecular weight is 333 g/mol. The predicted molar refractivity (Wildman–Crippen MR) is 89.6 cm³/mol. The molecule has 0 aliphatic heterocycles. The minimum Gasteiger partial charge on any atom is -0.462 e. The maximum atomic E-state index is 12.0. The number of esters is 1. The Morgan fingerprint density at radius 2 is 1.36 bits per heavy atom. The monoisotopic (exact) mass is 332 g/mol. The molecule has 0 rings (SSSR count). The quantitative estimate of drug-likeness (QED) is 0.328. The van der Waals surface area contributed by atoms with E-state index in [4.69, 9.17) is 18.0 Å². The van der Waals surface area contributed by atoms with E-state index in [0.29, 0.717) is 12.2 Å². The van der Waals surface area contributed by atoms with Crippen LogP contribution in [0.2, 0.25) is 6.04 Å². The first-order valence-corrected chi connectivity index (χ1v) is 9.93.